The van der Waals surface area contributed by atoms with Crippen LogP contribution in [0.25, 0.3) is 0 Å². The fourth-order valence-electron chi connectivity index (χ4n) is 2.28. The average molecular weight is 278 g/mol. The molecule has 0 saturated carbocycles. The highest BCUT2D eigenvalue weighted by Crippen LogP contribution is 2.25. The number of likely N-dealkylation sites (tertiary alicyclic amines) is 1. The number of rotatable bonds is 4. The van der Waals surface area contributed by atoms with Gasteiger partial charge in [-0.2, -0.15) is 0 Å². The highest BCUT2D eigenvalue weighted by atomic mass is 16.5. The molecule has 0 bridgehead atoms. The zero-order valence-electron chi connectivity index (χ0n) is 11.3. The average Bonchev–Trinajstić information content (AvgIpc) is 2.83. The predicted molar refractivity (Wildman–Crippen MR) is 72.7 cm³/mol. The highest BCUT2D eigenvalue weighted by Gasteiger charge is 2.43. The molecule has 6 nitrogen and oxygen atoms in total. The van der Waals surface area contributed by atoms with Crippen molar-refractivity contribution >= 4 is 11.9 Å². The number of benzene rings is 1. The standard InChI is InChI=1S/C14H18N2O4/c1-2-20-11-6-4-3-5-10(11)12(17)16-8-7-14(15,9-16)13(18)19/h3-6H,2,7-9,15H2,1H3,(H,18,19). The molecule has 6 heteroatoms. The second-order valence-corrected chi connectivity index (χ2v) is 4.87. The Balaban J connectivity index is 2.19. The third kappa shape index (κ3) is 2.60. The Morgan fingerprint density at radius 1 is 1.45 bits per heavy atom. The number of carboxylic acids is 1. The van der Waals surface area contributed by atoms with Crippen molar-refractivity contribution < 1.29 is 19.4 Å². The monoisotopic (exact) mass is 278 g/mol. The van der Waals surface area contributed by atoms with Crippen LogP contribution in [0.2, 0.25) is 0 Å². The van der Waals surface area contributed by atoms with E-state index in [4.69, 9.17) is 15.6 Å². The maximum absolute atomic E-state index is 12.5. The lowest BCUT2D eigenvalue weighted by Gasteiger charge is -2.21. The number of nitrogens with zero attached hydrogens (tertiary/aromatic N) is 1. The quantitative estimate of drug-likeness (QED) is 0.846. The highest BCUT2D eigenvalue weighted by molar-refractivity contribution is 5.97. The van der Waals surface area contributed by atoms with Gasteiger partial charge in [-0.05, 0) is 25.5 Å². The van der Waals surface area contributed by atoms with Gasteiger partial charge >= 0.3 is 5.97 Å². The first-order valence-electron chi connectivity index (χ1n) is 6.51. The van der Waals surface area contributed by atoms with Gasteiger partial charge < -0.3 is 20.5 Å². The Morgan fingerprint density at radius 2 is 2.15 bits per heavy atom. The SMILES string of the molecule is CCOc1ccccc1C(=O)N1CCC(N)(C(=O)O)C1. The lowest BCUT2D eigenvalue weighted by Crippen LogP contribution is -2.50. The lowest BCUT2D eigenvalue weighted by molar-refractivity contribution is -0.142. The first kappa shape index (κ1) is 14.3. The van der Waals surface area contributed by atoms with Crippen molar-refractivity contribution in [2.75, 3.05) is 19.7 Å². The molecule has 1 aromatic rings. The zero-order chi connectivity index (χ0) is 14.8. The van der Waals surface area contributed by atoms with Crippen molar-refractivity contribution in [2.45, 2.75) is 18.9 Å². The van der Waals surface area contributed by atoms with Crippen LogP contribution in [0.5, 0.6) is 5.75 Å². The summed E-state index contributed by atoms with van der Waals surface area (Å²) in [4.78, 5) is 25.0. The molecule has 0 radical (unpaired) electrons. The van der Waals surface area contributed by atoms with Crippen molar-refractivity contribution in [1.82, 2.24) is 4.90 Å². The van der Waals surface area contributed by atoms with E-state index >= 15 is 0 Å². The van der Waals surface area contributed by atoms with Crippen LogP contribution in [0.4, 0.5) is 0 Å². The van der Waals surface area contributed by atoms with E-state index in [-0.39, 0.29) is 18.9 Å². The van der Waals surface area contributed by atoms with Gasteiger partial charge in [-0.1, -0.05) is 12.1 Å². The number of hydrogen-bond donors (Lipinski definition) is 2. The van der Waals surface area contributed by atoms with Gasteiger partial charge in [0, 0.05) is 13.1 Å². The molecule has 0 aliphatic carbocycles. The van der Waals surface area contributed by atoms with Crippen molar-refractivity contribution in [3.8, 4) is 5.75 Å². The molecule has 1 fully saturated rings. The molecule has 0 spiro atoms. The summed E-state index contributed by atoms with van der Waals surface area (Å²) in [6.45, 7) is 2.65. The fourth-order valence-corrected chi connectivity index (χ4v) is 2.28. The Labute approximate surface area is 117 Å². The number of carboxylic acid groups (broad SMARTS) is 1. The maximum Gasteiger partial charge on any atom is 0.325 e. The third-order valence-corrected chi connectivity index (χ3v) is 3.43. The van der Waals surface area contributed by atoms with Crippen LogP contribution in [0.1, 0.15) is 23.7 Å². The van der Waals surface area contributed by atoms with Crippen molar-refractivity contribution in [3.63, 3.8) is 0 Å². The summed E-state index contributed by atoms with van der Waals surface area (Å²) in [7, 11) is 0. The molecular formula is C14H18N2O4. The second-order valence-electron chi connectivity index (χ2n) is 4.87. The van der Waals surface area contributed by atoms with E-state index in [0.29, 0.717) is 24.5 Å². The molecule has 1 saturated heterocycles. The molecule has 1 aliphatic heterocycles. The van der Waals surface area contributed by atoms with Gasteiger partial charge in [-0.15, -0.1) is 0 Å². The van der Waals surface area contributed by atoms with Crippen LogP contribution in [-0.4, -0.2) is 47.1 Å². The Bertz CT molecular complexity index is 532. The minimum atomic E-state index is -1.35. The van der Waals surface area contributed by atoms with Gasteiger partial charge in [0.15, 0.2) is 0 Å². The van der Waals surface area contributed by atoms with Crippen LogP contribution in [0.3, 0.4) is 0 Å². The van der Waals surface area contributed by atoms with E-state index in [1.807, 2.05) is 6.92 Å². The third-order valence-electron chi connectivity index (χ3n) is 3.43. The van der Waals surface area contributed by atoms with Gasteiger partial charge in [-0.25, -0.2) is 0 Å². The zero-order valence-corrected chi connectivity index (χ0v) is 11.3. The van der Waals surface area contributed by atoms with Crippen molar-refractivity contribution in [1.29, 1.82) is 0 Å². The predicted octanol–water partition coefficient (Wildman–Crippen LogP) is 0.713. The van der Waals surface area contributed by atoms with E-state index in [2.05, 4.69) is 0 Å². The number of aliphatic carboxylic acids is 1. The van der Waals surface area contributed by atoms with E-state index in [9.17, 15) is 9.59 Å². The normalized spacial score (nSPS) is 21.8. The topological polar surface area (TPSA) is 92.9 Å². The number of para-hydroxylation sites is 1. The van der Waals surface area contributed by atoms with Crippen LogP contribution < -0.4 is 10.5 Å². The molecule has 1 unspecified atom stereocenters. The molecular weight excluding hydrogens is 260 g/mol. The molecule has 108 valence electrons. The van der Waals surface area contributed by atoms with E-state index in [1.54, 1.807) is 24.3 Å². The summed E-state index contributed by atoms with van der Waals surface area (Å²) < 4.78 is 5.42. The minimum absolute atomic E-state index is 0.0155. The number of ether oxygens (including phenoxy) is 1. The van der Waals surface area contributed by atoms with Crippen LogP contribution in [0.15, 0.2) is 24.3 Å². The van der Waals surface area contributed by atoms with Gasteiger partial charge in [0.1, 0.15) is 11.3 Å². The number of hydrogen-bond acceptors (Lipinski definition) is 4. The van der Waals surface area contributed by atoms with E-state index in [1.165, 1.54) is 4.90 Å². The lowest BCUT2D eigenvalue weighted by atomic mass is 10.0. The summed E-state index contributed by atoms with van der Waals surface area (Å²) >= 11 is 0. The van der Waals surface area contributed by atoms with Crippen LogP contribution in [-0.2, 0) is 4.79 Å². The van der Waals surface area contributed by atoms with Crippen molar-refractivity contribution in [2.24, 2.45) is 5.73 Å². The molecule has 1 amide bonds. The van der Waals surface area contributed by atoms with Gasteiger partial charge in [0.25, 0.3) is 5.91 Å². The van der Waals surface area contributed by atoms with Gasteiger partial charge in [-0.3, -0.25) is 9.59 Å². The second kappa shape index (κ2) is 5.50. The number of carbonyl (C=O) groups excluding carboxylic acids is 1. The number of carbonyl (C=O) groups is 2. The Morgan fingerprint density at radius 3 is 2.75 bits per heavy atom. The Kier molecular flexibility index (Phi) is 3.94. The largest absolute Gasteiger partial charge is 0.493 e. The fraction of sp³-hybridized carbons (Fsp3) is 0.429. The molecule has 1 aliphatic rings. The summed E-state index contributed by atoms with van der Waals surface area (Å²) in [6, 6.07) is 6.93. The molecule has 0 aromatic heterocycles. The summed E-state index contributed by atoms with van der Waals surface area (Å²) in [5.74, 6) is -0.821. The van der Waals surface area contributed by atoms with Crippen LogP contribution in [0, 0.1) is 0 Å². The van der Waals surface area contributed by atoms with E-state index in [0.717, 1.165) is 0 Å². The van der Waals surface area contributed by atoms with E-state index < -0.39 is 11.5 Å². The maximum atomic E-state index is 12.5. The molecule has 1 atom stereocenters. The smallest absolute Gasteiger partial charge is 0.325 e. The molecule has 1 heterocycles. The first-order chi connectivity index (χ1) is 9.48. The summed E-state index contributed by atoms with van der Waals surface area (Å²) in [5, 5.41) is 9.09. The number of amides is 1. The molecule has 3 N–H and O–H groups in total. The first-order valence-corrected chi connectivity index (χ1v) is 6.51. The summed E-state index contributed by atoms with van der Waals surface area (Å²) in [5.41, 5.74) is 4.86. The van der Waals surface area contributed by atoms with Crippen LogP contribution >= 0.6 is 0 Å². The minimum Gasteiger partial charge on any atom is -0.493 e. The molecule has 1 aromatic carbocycles. The molecule has 20 heavy (non-hydrogen) atoms. The van der Waals surface area contributed by atoms with Gasteiger partial charge in [0.05, 0.1) is 12.2 Å². The van der Waals surface area contributed by atoms with Gasteiger partial charge in [0.2, 0.25) is 0 Å². The summed E-state index contributed by atoms with van der Waals surface area (Å²) in [6.07, 6.45) is 0.255. The number of nitrogens with two attached hydrogens (primary N) is 1. The Hall–Kier alpha value is -2.08. The van der Waals surface area contributed by atoms with Crippen molar-refractivity contribution in [3.05, 3.63) is 29.8 Å². The molecule has 2 rings (SSSR count).